The standard InChI is InChI=1S/C10H13N3O2S/c1-15-8-4-2-7(3-5-8)6-9(14)12-13-10(11)16/h2-5H,6H2,1H3,(H,12,14)(H3,11,13,16). The summed E-state index contributed by atoms with van der Waals surface area (Å²) in [5.74, 6) is 0.545. The summed E-state index contributed by atoms with van der Waals surface area (Å²) in [6, 6.07) is 7.23. The number of hydrazine groups is 1. The van der Waals surface area contributed by atoms with Crippen LogP contribution in [-0.4, -0.2) is 18.1 Å². The second-order valence-corrected chi connectivity index (χ2v) is 3.50. The second kappa shape index (κ2) is 5.92. The molecule has 0 aromatic heterocycles. The van der Waals surface area contributed by atoms with Gasteiger partial charge >= 0.3 is 0 Å². The van der Waals surface area contributed by atoms with Gasteiger partial charge in [0.25, 0.3) is 0 Å². The quantitative estimate of drug-likeness (QED) is 0.515. The van der Waals surface area contributed by atoms with Gasteiger partial charge in [0, 0.05) is 0 Å². The second-order valence-electron chi connectivity index (χ2n) is 3.06. The first-order chi connectivity index (χ1) is 7.61. The van der Waals surface area contributed by atoms with Crippen LogP contribution in [0.5, 0.6) is 5.75 Å². The summed E-state index contributed by atoms with van der Waals surface area (Å²) < 4.78 is 5.01. The van der Waals surface area contributed by atoms with Gasteiger partial charge in [0.2, 0.25) is 5.91 Å². The predicted molar refractivity (Wildman–Crippen MR) is 64.8 cm³/mol. The van der Waals surface area contributed by atoms with Crippen molar-refractivity contribution in [1.82, 2.24) is 10.9 Å². The summed E-state index contributed by atoms with van der Waals surface area (Å²) in [4.78, 5) is 11.4. The molecule has 1 aromatic carbocycles. The SMILES string of the molecule is COc1ccc(CC(=O)NNC(N)=S)cc1. The van der Waals surface area contributed by atoms with Crippen LogP contribution in [0.25, 0.3) is 0 Å². The molecular weight excluding hydrogens is 226 g/mol. The van der Waals surface area contributed by atoms with E-state index in [0.717, 1.165) is 11.3 Å². The number of carbonyl (C=O) groups is 1. The average molecular weight is 239 g/mol. The summed E-state index contributed by atoms with van der Waals surface area (Å²) in [5, 5.41) is 0.0306. The van der Waals surface area contributed by atoms with Gasteiger partial charge in [-0.3, -0.25) is 15.6 Å². The van der Waals surface area contributed by atoms with Gasteiger partial charge in [-0.1, -0.05) is 12.1 Å². The van der Waals surface area contributed by atoms with E-state index in [1.807, 2.05) is 12.1 Å². The molecule has 0 unspecified atom stereocenters. The summed E-state index contributed by atoms with van der Waals surface area (Å²) in [7, 11) is 1.59. The van der Waals surface area contributed by atoms with Gasteiger partial charge in [0.1, 0.15) is 5.75 Å². The molecule has 5 nitrogen and oxygen atoms in total. The van der Waals surface area contributed by atoms with E-state index in [9.17, 15) is 4.79 Å². The highest BCUT2D eigenvalue weighted by Crippen LogP contribution is 2.11. The first-order valence-electron chi connectivity index (χ1n) is 4.59. The molecule has 1 rings (SSSR count). The molecule has 4 N–H and O–H groups in total. The number of hydrogen-bond donors (Lipinski definition) is 3. The van der Waals surface area contributed by atoms with Crippen molar-refractivity contribution in [3.63, 3.8) is 0 Å². The maximum absolute atomic E-state index is 11.4. The van der Waals surface area contributed by atoms with Gasteiger partial charge in [-0.2, -0.15) is 0 Å². The maximum atomic E-state index is 11.4. The molecule has 0 fully saturated rings. The van der Waals surface area contributed by atoms with Crippen molar-refractivity contribution >= 4 is 23.2 Å². The lowest BCUT2D eigenvalue weighted by molar-refractivity contribution is -0.121. The minimum atomic E-state index is -0.210. The Morgan fingerprint density at radius 3 is 2.50 bits per heavy atom. The van der Waals surface area contributed by atoms with Crippen LogP contribution >= 0.6 is 12.2 Å². The molecule has 0 aliphatic rings. The van der Waals surface area contributed by atoms with E-state index in [4.69, 9.17) is 10.5 Å². The van der Waals surface area contributed by atoms with Crippen LogP contribution in [-0.2, 0) is 11.2 Å². The Morgan fingerprint density at radius 2 is 2.00 bits per heavy atom. The fourth-order valence-corrected chi connectivity index (χ4v) is 1.16. The molecule has 0 saturated heterocycles. The summed E-state index contributed by atoms with van der Waals surface area (Å²) in [5.41, 5.74) is 10.8. The van der Waals surface area contributed by atoms with Crippen molar-refractivity contribution in [3.8, 4) is 5.75 Å². The minimum Gasteiger partial charge on any atom is -0.497 e. The fourth-order valence-electron chi connectivity index (χ4n) is 1.10. The van der Waals surface area contributed by atoms with E-state index < -0.39 is 0 Å². The summed E-state index contributed by atoms with van der Waals surface area (Å²) in [6.45, 7) is 0. The van der Waals surface area contributed by atoms with Gasteiger partial charge in [0.15, 0.2) is 5.11 Å². The van der Waals surface area contributed by atoms with Gasteiger partial charge in [-0.15, -0.1) is 0 Å². The molecule has 6 heteroatoms. The first kappa shape index (κ1) is 12.3. The number of nitrogens with two attached hydrogens (primary N) is 1. The number of rotatable bonds is 3. The van der Waals surface area contributed by atoms with Crippen molar-refractivity contribution in [1.29, 1.82) is 0 Å². The highest BCUT2D eigenvalue weighted by atomic mass is 32.1. The van der Waals surface area contributed by atoms with Crippen molar-refractivity contribution < 1.29 is 9.53 Å². The zero-order valence-corrected chi connectivity index (χ0v) is 9.64. The number of ether oxygens (including phenoxy) is 1. The molecule has 16 heavy (non-hydrogen) atoms. The number of thiocarbonyl (C=S) groups is 1. The lowest BCUT2D eigenvalue weighted by Crippen LogP contribution is -2.44. The molecule has 0 atom stereocenters. The monoisotopic (exact) mass is 239 g/mol. The normalized spacial score (nSPS) is 9.31. The third-order valence-electron chi connectivity index (χ3n) is 1.85. The molecule has 0 heterocycles. The highest BCUT2D eigenvalue weighted by Gasteiger charge is 2.02. The van der Waals surface area contributed by atoms with Crippen LogP contribution < -0.4 is 21.3 Å². The van der Waals surface area contributed by atoms with Crippen molar-refractivity contribution in [2.45, 2.75) is 6.42 Å². The van der Waals surface area contributed by atoms with Crippen LogP contribution in [0.1, 0.15) is 5.56 Å². The van der Waals surface area contributed by atoms with E-state index in [0.29, 0.717) is 0 Å². The third kappa shape index (κ3) is 4.14. The van der Waals surface area contributed by atoms with Crippen LogP contribution in [0.4, 0.5) is 0 Å². The van der Waals surface area contributed by atoms with Gasteiger partial charge < -0.3 is 10.5 Å². The highest BCUT2D eigenvalue weighted by molar-refractivity contribution is 7.80. The molecule has 0 radical (unpaired) electrons. The Kier molecular flexibility index (Phi) is 4.53. The van der Waals surface area contributed by atoms with Crippen molar-refractivity contribution in [2.24, 2.45) is 5.73 Å². The Hall–Kier alpha value is -1.82. The van der Waals surface area contributed by atoms with Crippen LogP contribution in [0.15, 0.2) is 24.3 Å². The Labute approximate surface area is 98.9 Å². The first-order valence-corrected chi connectivity index (χ1v) is 5.00. The van der Waals surface area contributed by atoms with Crippen LogP contribution in [0, 0.1) is 0 Å². The molecule has 0 aliphatic carbocycles. The van der Waals surface area contributed by atoms with E-state index >= 15 is 0 Å². The Morgan fingerprint density at radius 1 is 1.38 bits per heavy atom. The van der Waals surface area contributed by atoms with E-state index in [1.165, 1.54) is 0 Å². The van der Waals surface area contributed by atoms with Crippen molar-refractivity contribution in [2.75, 3.05) is 7.11 Å². The largest absolute Gasteiger partial charge is 0.497 e. The van der Waals surface area contributed by atoms with E-state index in [1.54, 1.807) is 19.2 Å². The van der Waals surface area contributed by atoms with Gasteiger partial charge in [-0.25, -0.2) is 0 Å². The molecule has 0 spiro atoms. The summed E-state index contributed by atoms with van der Waals surface area (Å²) in [6.07, 6.45) is 0.250. The Bertz CT molecular complexity index is 378. The number of carbonyl (C=O) groups excluding carboxylic acids is 1. The maximum Gasteiger partial charge on any atom is 0.242 e. The minimum absolute atomic E-state index is 0.0306. The number of amides is 1. The number of hydrogen-bond acceptors (Lipinski definition) is 3. The lowest BCUT2D eigenvalue weighted by atomic mass is 10.1. The number of benzene rings is 1. The zero-order valence-electron chi connectivity index (χ0n) is 8.82. The van der Waals surface area contributed by atoms with Gasteiger partial charge in [0.05, 0.1) is 13.5 Å². The van der Waals surface area contributed by atoms with Crippen LogP contribution in [0.2, 0.25) is 0 Å². The lowest BCUT2D eigenvalue weighted by Gasteiger charge is -2.06. The molecule has 0 aliphatic heterocycles. The summed E-state index contributed by atoms with van der Waals surface area (Å²) >= 11 is 4.55. The van der Waals surface area contributed by atoms with E-state index in [2.05, 4.69) is 23.1 Å². The van der Waals surface area contributed by atoms with Gasteiger partial charge in [-0.05, 0) is 29.9 Å². The smallest absolute Gasteiger partial charge is 0.242 e. The fraction of sp³-hybridized carbons (Fsp3) is 0.200. The molecule has 1 amide bonds. The van der Waals surface area contributed by atoms with E-state index in [-0.39, 0.29) is 17.4 Å². The number of nitrogens with one attached hydrogen (secondary N) is 2. The molecule has 0 bridgehead atoms. The van der Waals surface area contributed by atoms with Crippen molar-refractivity contribution in [3.05, 3.63) is 29.8 Å². The zero-order chi connectivity index (χ0) is 12.0. The molecular formula is C10H13N3O2S. The Balaban J connectivity index is 2.46. The molecule has 86 valence electrons. The molecule has 1 aromatic rings. The third-order valence-corrected chi connectivity index (χ3v) is 1.95. The predicted octanol–water partition coefficient (Wildman–Crippen LogP) is 0.102. The molecule has 0 saturated carbocycles. The number of methoxy groups -OCH3 is 1. The van der Waals surface area contributed by atoms with Crippen LogP contribution in [0.3, 0.4) is 0 Å². The topological polar surface area (TPSA) is 76.4 Å². The average Bonchev–Trinajstić information content (AvgIpc) is 2.27.